The van der Waals surface area contributed by atoms with E-state index in [1.807, 2.05) is 19.3 Å². The minimum Gasteiger partial charge on any atom is -0.354 e. The summed E-state index contributed by atoms with van der Waals surface area (Å²) in [6.07, 6.45) is 1.87. The second-order valence-electron chi connectivity index (χ2n) is 6.45. The Morgan fingerprint density at radius 2 is 1.95 bits per heavy atom. The number of rotatable bonds is 5. The Labute approximate surface area is 123 Å². The number of hydrogen-bond donors (Lipinski definition) is 1. The second kappa shape index (κ2) is 6.55. The van der Waals surface area contributed by atoms with Gasteiger partial charge in [-0.05, 0) is 31.5 Å². The van der Waals surface area contributed by atoms with Gasteiger partial charge >= 0.3 is 0 Å². The van der Waals surface area contributed by atoms with Crippen molar-refractivity contribution in [2.45, 2.75) is 26.8 Å². The highest BCUT2D eigenvalue weighted by Crippen LogP contribution is 2.23. The summed E-state index contributed by atoms with van der Waals surface area (Å²) < 4.78 is 0. The van der Waals surface area contributed by atoms with E-state index < -0.39 is 0 Å². The highest BCUT2D eigenvalue weighted by atomic mass is 15.3. The van der Waals surface area contributed by atoms with Crippen LogP contribution >= 0.6 is 0 Å². The van der Waals surface area contributed by atoms with E-state index in [4.69, 9.17) is 0 Å². The molecule has 1 unspecified atom stereocenters. The van der Waals surface area contributed by atoms with Gasteiger partial charge < -0.3 is 10.2 Å². The Balaban J connectivity index is 1.86. The van der Waals surface area contributed by atoms with E-state index in [1.54, 1.807) is 0 Å². The fraction of sp³-hybridized carbons (Fsp3) is 0.688. The van der Waals surface area contributed by atoms with Gasteiger partial charge in [0, 0.05) is 45.0 Å². The summed E-state index contributed by atoms with van der Waals surface area (Å²) in [5.41, 5.74) is 0.294. The molecule has 1 fully saturated rings. The summed E-state index contributed by atoms with van der Waals surface area (Å²) in [4.78, 5) is 9.40. The quantitative estimate of drug-likeness (QED) is 0.889. The minimum absolute atomic E-state index is 0.294. The minimum atomic E-state index is 0.294. The van der Waals surface area contributed by atoms with Crippen molar-refractivity contribution >= 4 is 5.82 Å². The third-order valence-corrected chi connectivity index (χ3v) is 4.58. The van der Waals surface area contributed by atoms with Crippen molar-refractivity contribution in [3.05, 3.63) is 24.4 Å². The molecule has 0 aliphatic carbocycles. The fourth-order valence-corrected chi connectivity index (χ4v) is 2.78. The Morgan fingerprint density at radius 3 is 2.50 bits per heavy atom. The van der Waals surface area contributed by atoms with Crippen molar-refractivity contribution in [2.24, 2.45) is 5.41 Å². The van der Waals surface area contributed by atoms with Crippen LogP contribution < -0.4 is 10.2 Å². The van der Waals surface area contributed by atoms with Crippen molar-refractivity contribution < 1.29 is 0 Å². The Hall–Kier alpha value is -1.13. The first-order valence-electron chi connectivity index (χ1n) is 7.58. The zero-order chi connectivity index (χ0) is 14.6. The van der Waals surface area contributed by atoms with E-state index in [-0.39, 0.29) is 0 Å². The molecule has 1 atom stereocenters. The first-order chi connectivity index (χ1) is 9.53. The van der Waals surface area contributed by atoms with Gasteiger partial charge in [0.1, 0.15) is 5.82 Å². The van der Waals surface area contributed by atoms with Crippen LogP contribution in [0.15, 0.2) is 24.4 Å². The molecule has 4 heteroatoms. The summed E-state index contributed by atoms with van der Waals surface area (Å²) in [6.45, 7) is 12.5. The zero-order valence-corrected chi connectivity index (χ0v) is 13.3. The molecule has 1 aromatic heterocycles. The van der Waals surface area contributed by atoms with Gasteiger partial charge in [-0.15, -0.1) is 0 Å². The molecule has 2 heterocycles. The van der Waals surface area contributed by atoms with Crippen LogP contribution in [0.1, 0.15) is 20.8 Å². The first kappa shape index (κ1) is 15.3. The molecule has 0 aromatic carbocycles. The van der Waals surface area contributed by atoms with Crippen LogP contribution in [-0.4, -0.2) is 55.7 Å². The van der Waals surface area contributed by atoms with Gasteiger partial charge in [-0.25, -0.2) is 4.98 Å². The van der Waals surface area contributed by atoms with E-state index in [0.717, 1.165) is 38.5 Å². The lowest BCUT2D eigenvalue weighted by Crippen LogP contribution is -2.52. The highest BCUT2D eigenvalue weighted by molar-refractivity contribution is 5.38. The maximum atomic E-state index is 4.44. The van der Waals surface area contributed by atoms with Gasteiger partial charge in [-0.2, -0.15) is 0 Å². The SMILES string of the molecule is CNC(C)C(C)(C)CN1CCN(c2ccccn2)CC1. The molecule has 1 aliphatic heterocycles. The Kier molecular flexibility index (Phi) is 5.00. The average Bonchev–Trinajstić information content (AvgIpc) is 2.47. The largest absolute Gasteiger partial charge is 0.354 e. The standard InChI is InChI=1S/C16H28N4/c1-14(17-4)16(2,3)13-19-9-11-20(12-10-19)15-7-5-6-8-18-15/h5-8,14,17H,9-13H2,1-4H3. The molecule has 1 aromatic rings. The van der Waals surface area contributed by atoms with Gasteiger partial charge in [0.05, 0.1) is 0 Å². The summed E-state index contributed by atoms with van der Waals surface area (Å²) in [7, 11) is 2.05. The number of anilines is 1. The lowest BCUT2D eigenvalue weighted by Gasteiger charge is -2.41. The summed E-state index contributed by atoms with van der Waals surface area (Å²) in [5.74, 6) is 1.11. The molecule has 0 bridgehead atoms. The molecular weight excluding hydrogens is 248 g/mol. The maximum Gasteiger partial charge on any atom is 0.128 e. The van der Waals surface area contributed by atoms with Crippen molar-refractivity contribution in [2.75, 3.05) is 44.7 Å². The molecule has 0 spiro atoms. The molecule has 0 amide bonds. The molecule has 112 valence electrons. The third kappa shape index (κ3) is 3.70. The van der Waals surface area contributed by atoms with Gasteiger partial charge in [-0.3, -0.25) is 4.90 Å². The second-order valence-corrected chi connectivity index (χ2v) is 6.45. The molecule has 1 saturated heterocycles. The first-order valence-corrected chi connectivity index (χ1v) is 7.58. The van der Waals surface area contributed by atoms with Gasteiger partial charge in [0.2, 0.25) is 0 Å². The summed E-state index contributed by atoms with van der Waals surface area (Å²) in [5, 5.41) is 3.38. The molecule has 1 N–H and O–H groups in total. The van der Waals surface area contributed by atoms with Gasteiger partial charge in [0.15, 0.2) is 0 Å². The topological polar surface area (TPSA) is 31.4 Å². The van der Waals surface area contributed by atoms with Gasteiger partial charge in [0.25, 0.3) is 0 Å². The molecule has 20 heavy (non-hydrogen) atoms. The monoisotopic (exact) mass is 276 g/mol. The Bertz CT molecular complexity index is 396. The van der Waals surface area contributed by atoms with Gasteiger partial charge in [-0.1, -0.05) is 19.9 Å². The van der Waals surface area contributed by atoms with Crippen LogP contribution in [0.25, 0.3) is 0 Å². The Morgan fingerprint density at radius 1 is 1.25 bits per heavy atom. The van der Waals surface area contributed by atoms with Crippen LogP contribution in [0.2, 0.25) is 0 Å². The van der Waals surface area contributed by atoms with Crippen molar-refractivity contribution in [1.29, 1.82) is 0 Å². The number of piperazine rings is 1. The zero-order valence-electron chi connectivity index (χ0n) is 13.3. The van der Waals surface area contributed by atoms with E-state index in [9.17, 15) is 0 Å². The lowest BCUT2D eigenvalue weighted by molar-refractivity contribution is 0.140. The third-order valence-electron chi connectivity index (χ3n) is 4.58. The smallest absolute Gasteiger partial charge is 0.128 e. The van der Waals surface area contributed by atoms with Crippen LogP contribution in [0.4, 0.5) is 5.82 Å². The lowest BCUT2D eigenvalue weighted by atomic mass is 9.84. The number of nitrogens with one attached hydrogen (secondary N) is 1. The molecule has 2 rings (SSSR count). The van der Waals surface area contributed by atoms with Crippen LogP contribution in [-0.2, 0) is 0 Å². The van der Waals surface area contributed by atoms with E-state index in [1.165, 1.54) is 0 Å². The normalized spacial score (nSPS) is 19.1. The molecule has 4 nitrogen and oxygen atoms in total. The number of hydrogen-bond acceptors (Lipinski definition) is 4. The number of nitrogens with zero attached hydrogens (tertiary/aromatic N) is 3. The fourth-order valence-electron chi connectivity index (χ4n) is 2.78. The maximum absolute atomic E-state index is 4.44. The molecule has 1 aliphatic rings. The van der Waals surface area contributed by atoms with Crippen molar-refractivity contribution in [3.63, 3.8) is 0 Å². The van der Waals surface area contributed by atoms with E-state index in [0.29, 0.717) is 11.5 Å². The number of aromatic nitrogens is 1. The van der Waals surface area contributed by atoms with Crippen LogP contribution in [0.5, 0.6) is 0 Å². The van der Waals surface area contributed by atoms with Crippen molar-refractivity contribution in [3.8, 4) is 0 Å². The van der Waals surface area contributed by atoms with Crippen molar-refractivity contribution in [1.82, 2.24) is 15.2 Å². The molecular formula is C16H28N4. The summed E-state index contributed by atoms with van der Waals surface area (Å²) in [6, 6.07) is 6.66. The highest BCUT2D eigenvalue weighted by Gasteiger charge is 2.29. The number of pyridine rings is 1. The predicted molar refractivity (Wildman–Crippen MR) is 85.2 cm³/mol. The van der Waals surface area contributed by atoms with E-state index in [2.05, 4.69) is 53.0 Å². The average molecular weight is 276 g/mol. The molecule has 0 radical (unpaired) electrons. The van der Waals surface area contributed by atoms with Crippen LogP contribution in [0, 0.1) is 5.41 Å². The van der Waals surface area contributed by atoms with E-state index >= 15 is 0 Å². The molecule has 0 saturated carbocycles. The van der Waals surface area contributed by atoms with Crippen LogP contribution in [0.3, 0.4) is 0 Å². The predicted octanol–water partition coefficient (Wildman–Crippen LogP) is 1.84. The summed E-state index contributed by atoms with van der Waals surface area (Å²) >= 11 is 0.